The third-order valence-corrected chi connectivity index (χ3v) is 3.92. The maximum Gasteiger partial charge on any atom is 0.325 e. The molecular weight excluding hydrogens is 268 g/mol. The van der Waals surface area contributed by atoms with Crippen molar-refractivity contribution in [3.8, 4) is 5.75 Å². The number of nitrogens with zero attached hydrogens (tertiary/aromatic N) is 1. The van der Waals surface area contributed by atoms with Gasteiger partial charge in [-0.15, -0.1) is 6.58 Å². The highest BCUT2D eigenvalue weighted by Crippen LogP contribution is 2.24. The van der Waals surface area contributed by atoms with Gasteiger partial charge in [0.1, 0.15) is 11.3 Å². The van der Waals surface area contributed by atoms with E-state index >= 15 is 0 Å². The molecule has 3 N–H and O–H groups in total. The van der Waals surface area contributed by atoms with Crippen LogP contribution >= 0.6 is 0 Å². The van der Waals surface area contributed by atoms with Crippen LogP contribution in [0.15, 0.2) is 30.9 Å². The molecule has 0 saturated carbocycles. The average molecular weight is 290 g/mol. The van der Waals surface area contributed by atoms with E-state index in [-0.39, 0.29) is 0 Å². The van der Waals surface area contributed by atoms with Gasteiger partial charge in [0.05, 0.1) is 7.11 Å². The SMILES string of the molecule is C=CCc1cc(CN2CCC(N)(C(=O)O)C2)ccc1OC. The largest absolute Gasteiger partial charge is 0.496 e. The van der Waals surface area contributed by atoms with Gasteiger partial charge in [-0.2, -0.15) is 0 Å². The minimum Gasteiger partial charge on any atom is -0.496 e. The molecule has 5 heteroatoms. The van der Waals surface area contributed by atoms with Crippen LogP contribution in [0.1, 0.15) is 17.5 Å². The number of carboxylic acid groups (broad SMARTS) is 1. The van der Waals surface area contributed by atoms with Crippen LogP contribution in [0.2, 0.25) is 0 Å². The third-order valence-electron chi connectivity index (χ3n) is 3.92. The van der Waals surface area contributed by atoms with E-state index in [0.29, 0.717) is 26.1 Å². The van der Waals surface area contributed by atoms with Crippen molar-refractivity contribution in [2.24, 2.45) is 5.73 Å². The molecule has 1 saturated heterocycles. The van der Waals surface area contributed by atoms with Gasteiger partial charge in [-0.1, -0.05) is 18.2 Å². The first-order chi connectivity index (χ1) is 9.98. The highest BCUT2D eigenvalue weighted by molar-refractivity contribution is 5.79. The lowest BCUT2D eigenvalue weighted by molar-refractivity contribution is -0.142. The minimum atomic E-state index is -1.11. The van der Waals surface area contributed by atoms with Gasteiger partial charge >= 0.3 is 5.97 Å². The molecule has 0 radical (unpaired) electrons. The van der Waals surface area contributed by atoms with Crippen LogP contribution in [-0.4, -0.2) is 41.7 Å². The van der Waals surface area contributed by atoms with Gasteiger partial charge in [-0.25, -0.2) is 0 Å². The number of methoxy groups -OCH3 is 1. The van der Waals surface area contributed by atoms with Gasteiger partial charge in [0.15, 0.2) is 0 Å². The maximum atomic E-state index is 11.2. The first-order valence-electron chi connectivity index (χ1n) is 7.00. The second-order valence-electron chi connectivity index (χ2n) is 5.56. The quantitative estimate of drug-likeness (QED) is 0.775. The zero-order chi connectivity index (χ0) is 15.5. The van der Waals surface area contributed by atoms with Crippen molar-refractivity contribution in [3.63, 3.8) is 0 Å². The molecule has 1 aromatic carbocycles. The van der Waals surface area contributed by atoms with Crippen molar-refractivity contribution in [1.29, 1.82) is 0 Å². The number of likely N-dealkylation sites (tertiary alicyclic amines) is 1. The Kier molecular flexibility index (Phi) is 4.65. The third kappa shape index (κ3) is 3.43. The van der Waals surface area contributed by atoms with Crippen LogP contribution in [0.5, 0.6) is 5.75 Å². The van der Waals surface area contributed by atoms with Gasteiger partial charge in [-0.3, -0.25) is 9.69 Å². The molecule has 2 rings (SSSR count). The Morgan fingerprint density at radius 2 is 2.38 bits per heavy atom. The second-order valence-corrected chi connectivity index (χ2v) is 5.56. The summed E-state index contributed by atoms with van der Waals surface area (Å²) in [4.78, 5) is 13.2. The molecule has 1 aliphatic heterocycles. The van der Waals surface area contributed by atoms with Crippen LogP contribution in [0.3, 0.4) is 0 Å². The Morgan fingerprint density at radius 1 is 1.62 bits per heavy atom. The van der Waals surface area contributed by atoms with E-state index in [2.05, 4.69) is 17.5 Å². The van der Waals surface area contributed by atoms with E-state index in [9.17, 15) is 4.79 Å². The summed E-state index contributed by atoms with van der Waals surface area (Å²) in [6.45, 7) is 5.53. The zero-order valence-corrected chi connectivity index (χ0v) is 12.3. The average Bonchev–Trinajstić information content (AvgIpc) is 2.82. The zero-order valence-electron chi connectivity index (χ0n) is 12.3. The monoisotopic (exact) mass is 290 g/mol. The van der Waals surface area contributed by atoms with Gasteiger partial charge in [0.25, 0.3) is 0 Å². The van der Waals surface area contributed by atoms with E-state index < -0.39 is 11.5 Å². The molecule has 21 heavy (non-hydrogen) atoms. The molecule has 1 unspecified atom stereocenters. The lowest BCUT2D eigenvalue weighted by atomic mass is 10.0. The topological polar surface area (TPSA) is 75.8 Å². The van der Waals surface area contributed by atoms with Crippen LogP contribution in [0, 0.1) is 0 Å². The summed E-state index contributed by atoms with van der Waals surface area (Å²) in [5.41, 5.74) is 6.99. The number of hydrogen-bond acceptors (Lipinski definition) is 4. The van der Waals surface area contributed by atoms with Crippen molar-refractivity contribution < 1.29 is 14.6 Å². The van der Waals surface area contributed by atoms with Crippen molar-refractivity contribution in [2.45, 2.75) is 24.9 Å². The Bertz CT molecular complexity index is 544. The number of ether oxygens (including phenoxy) is 1. The normalized spacial score (nSPS) is 22.2. The number of aliphatic carboxylic acids is 1. The van der Waals surface area contributed by atoms with Gasteiger partial charge in [0.2, 0.25) is 0 Å². The van der Waals surface area contributed by atoms with Crippen LogP contribution in [0.25, 0.3) is 0 Å². The molecule has 0 aromatic heterocycles. The fourth-order valence-corrected chi connectivity index (χ4v) is 2.73. The number of hydrogen-bond donors (Lipinski definition) is 2. The summed E-state index contributed by atoms with van der Waals surface area (Å²) in [7, 11) is 1.65. The van der Waals surface area contributed by atoms with Crippen LogP contribution < -0.4 is 10.5 Å². The van der Waals surface area contributed by atoms with Crippen molar-refractivity contribution in [2.75, 3.05) is 20.2 Å². The molecule has 0 amide bonds. The van der Waals surface area contributed by atoms with E-state index in [0.717, 1.165) is 23.3 Å². The van der Waals surface area contributed by atoms with Gasteiger partial charge < -0.3 is 15.6 Å². The summed E-state index contributed by atoms with van der Waals surface area (Å²) in [5, 5.41) is 9.16. The Morgan fingerprint density at radius 3 is 2.95 bits per heavy atom. The molecule has 114 valence electrons. The number of allylic oxidation sites excluding steroid dienone is 1. The number of carbonyl (C=O) groups is 1. The first kappa shape index (κ1) is 15.5. The highest BCUT2D eigenvalue weighted by Gasteiger charge is 2.41. The smallest absolute Gasteiger partial charge is 0.325 e. The van der Waals surface area contributed by atoms with E-state index in [1.54, 1.807) is 7.11 Å². The number of carboxylic acids is 1. The molecule has 1 heterocycles. The number of benzene rings is 1. The fraction of sp³-hybridized carbons (Fsp3) is 0.438. The first-order valence-corrected chi connectivity index (χ1v) is 7.00. The maximum absolute atomic E-state index is 11.2. The summed E-state index contributed by atoms with van der Waals surface area (Å²) in [6.07, 6.45) is 3.07. The molecule has 1 aliphatic rings. The Balaban J connectivity index is 2.09. The summed E-state index contributed by atoms with van der Waals surface area (Å²) in [6, 6.07) is 6.03. The molecular formula is C16H22N2O3. The molecule has 1 atom stereocenters. The predicted molar refractivity (Wildman–Crippen MR) is 81.3 cm³/mol. The summed E-state index contributed by atoms with van der Waals surface area (Å²) >= 11 is 0. The second kappa shape index (κ2) is 6.28. The fourth-order valence-electron chi connectivity index (χ4n) is 2.73. The lowest BCUT2D eigenvalue weighted by Crippen LogP contribution is -2.50. The molecule has 1 aromatic rings. The van der Waals surface area contributed by atoms with Crippen molar-refractivity contribution >= 4 is 5.97 Å². The molecule has 0 spiro atoms. The Labute approximate surface area is 125 Å². The standard InChI is InChI=1S/C16H22N2O3/c1-3-4-13-9-12(5-6-14(13)21-2)10-18-8-7-16(17,11-18)15(19)20/h3,5-6,9H,1,4,7-8,10-11,17H2,2H3,(H,19,20). The summed E-state index contributed by atoms with van der Waals surface area (Å²) in [5.74, 6) is -0.0779. The molecule has 5 nitrogen and oxygen atoms in total. The lowest BCUT2D eigenvalue weighted by Gasteiger charge is -2.20. The summed E-state index contributed by atoms with van der Waals surface area (Å²) < 4.78 is 5.33. The van der Waals surface area contributed by atoms with E-state index in [4.69, 9.17) is 15.6 Å². The number of nitrogens with two attached hydrogens (primary N) is 1. The predicted octanol–water partition coefficient (Wildman–Crippen LogP) is 1.41. The molecule has 0 aliphatic carbocycles. The molecule has 0 bridgehead atoms. The highest BCUT2D eigenvalue weighted by atomic mass is 16.5. The van der Waals surface area contributed by atoms with Gasteiger partial charge in [0, 0.05) is 19.6 Å². The van der Waals surface area contributed by atoms with E-state index in [1.165, 1.54) is 0 Å². The van der Waals surface area contributed by atoms with Crippen molar-refractivity contribution in [3.05, 3.63) is 42.0 Å². The minimum absolute atomic E-state index is 0.380. The van der Waals surface area contributed by atoms with Crippen molar-refractivity contribution in [1.82, 2.24) is 4.90 Å². The molecule has 1 fully saturated rings. The number of rotatable bonds is 6. The van der Waals surface area contributed by atoms with Crippen LogP contribution in [-0.2, 0) is 17.8 Å². The van der Waals surface area contributed by atoms with Crippen LogP contribution in [0.4, 0.5) is 0 Å². The Hall–Kier alpha value is -1.85. The van der Waals surface area contributed by atoms with E-state index in [1.807, 2.05) is 18.2 Å². The van der Waals surface area contributed by atoms with Gasteiger partial charge in [-0.05, 0) is 30.0 Å².